The van der Waals surface area contributed by atoms with Crippen LogP contribution >= 0.6 is 23.2 Å². The van der Waals surface area contributed by atoms with Crippen molar-refractivity contribution < 1.29 is 19.0 Å². The third kappa shape index (κ3) is 5.36. The van der Waals surface area contributed by atoms with Crippen LogP contribution in [0.5, 0.6) is 0 Å². The van der Waals surface area contributed by atoms with Crippen molar-refractivity contribution in [3.63, 3.8) is 0 Å². The average Bonchev–Trinajstić information content (AvgIpc) is 3.21. The zero-order valence-corrected chi connectivity index (χ0v) is 17.8. The molecule has 1 aliphatic heterocycles. The minimum Gasteiger partial charge on any atom is -0.455 e. The number of ether oxygens (including phenoxy) is 3. The average molecular weight is 440 g/mol. The van der Waals surface area contributed by atoms with Crippen LogP contribution < -0.4 is 0 Å². The molecule has 1 unspecified atom stereocenters. The van der Waals surface area contributed by atoms with Crippen molar-refractivity contribution >= 4 is 40.9 Å². The van der Waals surface area contributed by atoms with Crippen LogP contribution in [0.15, 0.2) is 30.9 Å². The first-order valence-electron chi connectivity index (χ1n) is 9.29. The zero-order valence-electron chi connectivity index (χ0n) is 16.3. The number of hydrogen-bond donors (Lipinski definition) is 0. The highest BCUT2D eigenvalue weighted by Crippen LogP contribution is 2.36. The largest absolute Gasteiger partial charge is 0.455 e. The molecule has 3 rings (SSSR count). The maximum absolute atomic E-state index is 12.5. The lowest BCUT2D eigenvalue weighted by molar-refractivity contribution is -0.192. The maximum Gasteiger partial charge on any atom is 0.306 e. The SMILES string of the molecule is CCCC(=O)OC(C(=Cc1ccc(Cl)cc1Cl)n1cncn1)C1(C)COCOC1. The molecule has 0 radical (unpaired) electrons. The second-order valence-electron chi connectivity index (χ2n) is 7.16. The Morgan fingerprint density at radius 1 is 1.38 bits per heavy atom. The molecule has 0 spiro atoms. The number of rotatable bonds is 7. The van der Waals surface area contributed by atoms with Gasteiger partial charge >= 0.3 is 5.97 Å². The van der Waals surface area contributed by atoms with Crippen molar-refractivity contribution in [3.05, 3.63) is 46.5 Å². The molecule has 2 aromatic rings. The van der Waals surface area contributed by atoms with E-state index in [0.29, 0.717) is 47.4 Å². The molecule has 7 nitrogen and oxygen atoms in total. The molecule has 1 aromatic carbocycles. The van der Waals surface area contributed by atoms with Gasteiger partial charge < -0.3 is 14.2 Å². The van der Waals surface area contributed by atoms with E-state index in [9.17, 15) is 4.79 Å². The van der Waals surface area contributed by atoms with Crippen LogP contribution in [0.4, 0.5) is 0 Å². The lowest BCUT2D eigenvalue weighted by Gasteiger charge is -2.40. The first kappa shape index (κ1) is 21.8. The Kier molecular flexibility index (Phi) is 7.29. The summed E-state index contributed by atoms with van der Waals surface area (Å²) in [6.45, 7) is 4.79. The summed E-state index contributed by atoms with van der Waals surface area (Å²) in [6.07, 6.45) is 5.07. The zero-order chi connectivity index (χ0) is 20.9. The second-order valence-corrected chi connectivity index (χ2v) is 8.01. The molecular weight excluding hydrogens is 417 g/mol. The van der Waals surface area contributed by atoms with E-state index in [1.165, 1.54) is 6.33 Å². The fourth-order valence-electron chi connectivity index (χ4n) is 3.14. The molecule has 156 valence electrons. The maximum atomic E-state index is 12.5. The van der Waals surface area contributed by atoms with Gasteiger partial charge in [-0.3, -0.25) is 4.79 Å². The van der Waals surface area contributed by atoms with E-state index >= 15 is 0 Å². The molecule has 2 heterocycles. The standard InChI is InChI=1S/C20H23Cl2N3O4/c1-3-4-18(26)29-19(20(2)9-27-13-28-10-20)17(25-12-23-11-24-25)7-14-5-6-15(21)8-16(14)22/h5-8,11-12,19H,3-4,9-10,13H2,1-2H3. The predicted molar refractivity (Wildman–Crippen MR) is 110 cm³/mol. The van der Waals surface area contributed by atoms with Crippen LogP contribution in [0.1, 0.15) is 32.3 Å². The van der Waals surface area contributed by atoms with Crippen molar-refractivity contribution in [1.29, 1.82) is 0 Å². The molecule has 1 fully saturated rings. The van der Waals surface area contributed by atoms with E-state index in [-0.39, 0.29) is 12.8 Å². The summed E-state index contributed by atoms with van der Waals surface area (Å²) in [5, 5.41) is 5.25. The molecule has 0 amide bonds. The molecule has 0 aliphatic carbocycles. The van der Waals surface area contributed by atoms with Crippen molar-refractivity contribution in [3.8, 4) is 0 Å². The van der Waals surface area contributed by atoms with Gasteiger partial charge in [0.05, 0.1) is 24.3 Å². The van der Waals surface area contributed by atoms with Crippen LogP contribution in [0, 0.1) is 5.41 Å². The Morgan fingerprint density at radius 2 is 2.14 bits per heavy atom. The molecule has 0 saturated carbocycles. The van der Waals surface area contributed by atoms with Crippen molar-refractivity contribution in [2.24, 2.45) is 5.41 Å². The summed E-state index contributed by atoms with van der Waals surface area (Å²) < 4.78 is 18.6. The Labute approximate surface area is 179 Å². The summed E-state index contributed by atoms with van der Waals surface area (Å²) in [7, 11) is 0. The lowest BCUT2D eigenvalue weighted by atomic mass is 9.83. The monoisotopic (exact) mass is 439 g/mol. The molecule has 9 heteroatoms. The van der Waals surface area contributed by atoms with Gasteiger partial charge in [-0.2, -0.15) is 5.10 Å². The van der Waals surface area contributed by atoms with E-state index in [1.807, 2.05) is 19.9 Å². The van der Waals surface area contributed by atoms with Gasteiger partial charge in [0.2, 0.25) is 0 Å². The number of aromatic nitrogens is 3. The van der Waals surface area contributed by atoms with Gasteiger partial charge in [0.1, 0.15) is 19.4 Å². The van der Waals surface area contributed by atoms with Crippen LogP contribution in [0.25, 0.3) is 11.8 Å². The van der Waals surface area contributed by atoms with E-state index in [0.717, 1.165) is 0 Å². The quantitative estimate of drug-likeness (QED) is 0.598. The first-order valence-corrected chi connectivity index (χ1v) is 10.0. The Morgan fingerprint density at radius 3 is 2.76 bits per heavy atom. The van der Waals surface area contributed by atoms with Crippen molar-refractivity contribution in [1.82, 2.24) is 14.8 Å². The molecule has 0 N–H and O–H groups in total. The van der Waals surface area contributed by atoms with Crippen LogP contribution in [0.3, 0.4) is 0 Å². The number of carbonyl (C=O) groups is 1. The highest BCUT2D eigenvalue weighted by Gasteiger charge is 2.43. The summed E-state index contributed by atoms with van der Waals surface area (Å²) in [4.78, 5) is 16.5. The lowest BCUT2D eigenvalue weighted by Crippen LogP contribution is -2.47. The van der Waals surface area contributed by atoms with E-state index in [1.54, 1.807) is 29.2 Å². The highest BCUT2D eigenvalue weighted by atomic mass is 35.5. The van der Waals surface area contributed by atoms with Crippen molar-refractivity contribution in [2.75, 3.05) is 20.0 Å². The van der Waals surface area contributed by atoms with Gasteiger partial charge in [-0.15, -0.1) is 0 Å². The van der Waals surface area contributed by atoms with Gasteiger partial charge in [-0.25, -0.2) is 9.67 Å². The minimum atomic E-state index is -0.699. The number of halogens is 2. The number of nitrogens with zero attached hydrogens (tertiary/aromatic N) is 3. The molecule has 29 heavy (non-hydrogen) atoms. The van der Waals surface area contributed by atoms with Gasteiger partial charge in [-0.05, 0) is 30.2 Å². The third-order valence-corrected chi connectivity index (χ3v) is 5.15. The predicted octanol–water partition coefficient (Wildman–Crippen LogP) is 4.31. The second kappa shape index (κ2) is 9.71. The van der Waals surface area contributed by atoms with Gasteiger partial charge in [0, 0.05) is 16.5 Å². The first-order chi connectivity index (χ1) is 13.9. The van der Waals surface area contributed by atoms with Crippen molar-refractivity contribution in [2.45, 2.75) is 32.8 Å². The fourth-order valence-corrected chi connectivity index (χ4v) is 3.60. The number of benzene rings is 1. The molecule has 1 saturated heterocycles. The smallest absolute Gasteiger partial charge is 0.306 e. The van der Waals surface area contributed by atoms with Gasteiger partial charge in [0.15, 0.2) is 6.10 Å². The summed E-state index contributed by atoms with van der Waals surface area (Å²) in [5.41, 5.74) is 0.672. The molecule has 0 bridgehead atoms. The molecule has 1 aliphatic rings. The summed E-state index contributed by atoms with van der Waals surface area (Å²) in [6, 6.07) is 5.19. The number of carbonyl (C=O) groups excluding carboxylic acids is 1. The normalized spacial score (nSPS) is 17.7. The summed E-state index contributed by atoms with van der Waals surface area (Å²) in [5.74, 6) is -0.308. The highest BCUT2D eigenvalue weighted by molar-refractivity contribution is 6.35. The Hall–Kier alpha value is -1.93. The van der Waals surface area contributed by atoms with Crippen LogP contribution in [0.2, 0.25) is 10.0 Å². The number of hydrogen-bond acceptors (Lipinski definition) is 6. The molecule has 1 atom stereocenters. The molecule has 1 aromatic heterocycles. The van der Waals surface area contributed by atoms with Gasteiger partial charge in [0.25, 0.3) is 0 Å². The van der Waals surface area contributed by atoms with E-state index in [2.05, 4.69) is 10.1 Å². The molecular formula is C20H23Cl2N3O4. The van der Waals surface area contributed by atoms with Crippen LogP contribution in [-0.4, -0.2) is 46.8 Å². The topological polar surface area (TPSA) is 75.5 Å². The third-order valence-electron chi connectivity index (χ3n) is 4.58. The Bertz CT molecular complexity index is 865. The van der Waals surface area contributed by atoms with Crippen LogP contribution in [-0.2, 0) is 19.0 Å². The summed E-state index contributed by atoms with van der Waals surface area (Å²) >= 11 is 12.4. The van der Waals surface area contributed by atoms with E-state index < -0.39 is 11.5 Å². The van der Waals surface area contributed by atoms with Gasteiger partial charge in [-0.1, -0.05) is 43.1 Å². The minimum absolute atomic E-state index is 0.205. The van der Waals surface area contributed by atoms with E-state index in [4.69, 9.17) is 37.4 Å². The fraction of sp³-hybridized carbons (Fsp3) is 0.450. The Balaban J connectivity index is 2.09. The number of esters is 1.